The molecule has 0 radical (unpaired) electrons. The van der Waals surface area contributed by atoms with Crippen molar-refractivity contribution in [2.75, 3.05) is 19.6 Å². The molecule has 2 atom stereocenters. The zero-order valence-electron chi connectivity index (χ0n) is 13.4. The lowest BCUT2D eigenvalue weighted by atomic mass is 10.0. The van der Waals surface area contributed by atoms with Crippen LogP contribution in [0.25, 0.3) is 0 Å². The number of rotatable bonds is 3. The molecule has 0 aromatic carbocycles. The number of carbonyl (C=O) groups excluding carboxylic acids is 2. The van der Waals surface area contributed by atoms with Crippen LogP contribution in [0.3, 0.4) is 0 Å². The third-order valence-corrected chi connectivity index (χ3v) is 4.16. The van der Waals surface area contributed by atoms with Crippen LogP contribution in [0.1, 0.15) is 40.5 Å². The summed E-state index contributed by atoms with van der Waals surface area (Å²) in [6, 6.07) is 0. The molecule has 2 aliphatic rings. The summed E-state index contributed by atoms with van der Waals surface area (Å²) in [5.41, 5.74) is 5.14. The van der Waals surface area contributed by atoms with E-state index in [1.165, 1.54) is 0 Å². The lowest BCUT2D eigenvalue weighted by Gasteiger charge is -2.25. The van der Waals surface area contributed by atoms with Crippen LogP contribution in [0.4, 0.5) is 4.79 Å². The topological polar surface area (TPSA) is 70.7 Å². The highest BCUT2D eigenvalue weighted by molar-refractivity contribution is 5.78. The van der Waals surface area contributed by atoms with Crippen molar-refractivity contribution in [1.82, 2.24) is 15.8 Å². The van der Waals surface area contributed by atoms with Crippen LogP contribution in [0.15, 0.2) is 0 Å². The minimum Gasteiger partial charge on any atom is -0.444 e. The fourth-order valence-corrected chi connectivity index (χ4v) is 3.27. The minimum absolute atomic E-state index is 0.0693. The molecule has 120 valence electrons. The van der Waals surface area contributed by atoms with E-state index < -0.39 is 5.60 Å². The number of ether oxygens (including phenoxy) is 1. The molecule has 2 rings (SSSR count). The van der Waals surface area contributed by atoms with E-state index in [4.69, 9.17) is 4.74 Å². The first-order valence-electron chi connectivity index (χ1n) is 7.80. The maximum atomic E-state index is 12.1. The van der Waals surface area contributed by atoms with Gasteiger partial charge in [0.2, 0.25) is 5.91 Å². The molecule has 1 saturated carbocycles. The Balaban J connectivity index is 1.82. The minimum atomic E-state index is -0.455. The fraction of sp³-hybridized carbons (Fsp3) is 0.867. The first-order chi connectivity index (χ1) is 9.80. The number of carbonyl (C=O) groups is 2. The zero-order chi connectivity index (χ0) is 15.6. The second-order valence-electron chi connectivity index (χ2n) is 7.09. The molecular weight excluding hydrogens is 270 g/mol. The average Bonchev–Trinajstić information content (AvgIpc) is 2.91. The molecule has 2 fully saturated rings. The van der Waals surface area contributed by atoms with Gasteiger partial charge in [0.05, 0.1) is 0 Å². The monoisotopic (exact) mass is 297 g/mol. The molecule has 0 aromatic heterocycles. The molecule has 2 N–H and O–H groups in total. The number of nitrogens with zero attached hydrogens (tertiary/aromatic N) is 1. The highest BCUT2D eigenvalue weighted by Crippen LogP contribution is 2.41. The highest BCUT2D eigenvalue weighted by atomic mass is 16.6. The summed E-state index contributed by atoms with van der Waals surface area (Å²) in [7, 11) is 0. The molecule has 1 heterocycles. The first kappa shape index (κ1) is 16.1. The lowest BCUT2D eigenvalue weighted by Crippen LogP contribution is -2.41. The number of hydrazine groups is 1. The van der Waals surface area contributed by atoms with Gasteiger partial charge in [0.15, 0.2) is 0 Å². The Morgan fingerprint density at radius 3 is 2.24 bits per heavy atom. The molecular formula is C15H27N3O3. The highest BCUT2D eigenvalue weighted by Gasteiger charge is 2.45. The van der Waals surface area contributed by atoms with Gasteiger partial charge in [-0.2, -0.15) is 0 Å². The molecule has 6 nitrogen and oxygen atoms in total. The molecule has 1 aliphatic carbocycles. The second-order valence-corrected chi connectivity index (χ2v) is 7.09. The normalized spacial score (nSPS) is 28.4. The Morgan fingerprint density at radius 1 is 1.19 bits per heavy atom. The molecule has 0 spiro atoms. The summed E-state index contributed by atoms with van der Waals surface area (Å²) in [5.74, 6) is 1.000. The molecule has 0 aromatic rings. The van der Waals surface area contributed by atoms with Crippen molar-refractivity contribution in [1.29, 1.82) is 0 Å². The molecule has 6 heteroatoms. The van der Waals surface area contributed by atoms with E-state index in [1.807, 2.05) is 27.7 Å². The second kappa shape index (κ2) is 6.22. The van der Waals surface area contributed by atoms with Crippen molar-refractivity contribution in [3.8, 4) is 0 Å². The summed E-state index contributed by atoms with van der Waals surface area (Å²) < 4.78 is 5.41. The predicted molar refractivity (Wildman–Crippen MR) is 79.3 cm³/mol. The van der Waals surface area contributed by atoms with Crippen LogP contribution in [0.2, 0.25) is 0 Å². The summed E-state index contributed by atoms with van der Waals surface area (Å²) in [5, 5.41) is 0. The average molecular weight is 297 g/mol. The Kier molecular flexibility index (Phi) is 4.76. The largest absolute Gasteiger partial charge is 0.444 e. The number of hydrogen-bond acceptors (Lipinski definition) is 4. The molecule has 1 saturated heterocycles. The van der Waals surface area contributed by atoms with E-state index in [2.05, 4.69) is 10.9 Å². The van der Waals surface area contributed by atoms with Crippen LogP contribution in [-0.2, 0) is 9.53 Å². The van der Waals surface area contributed by atoms with E-state index in [-0.39, 0.29) is 17.9 Å². The molecule has 2 amide bonds. The van der Waals surface area contributed by atoms with Crippen LogP contribution < -0.4 is 10.9 Å². The number of fused-ring (bicyclic) bond motifs is 1. The SMILES string of the molecule is CCNNC(=O)C1CC2CN(C(=O)OC(C)(C)C)CC2C1. The van der Waals surface area contributed by atoms with Gasteiger partial charge in [0.25, 0.3) is 0 Å². The Labute approximate surface area is 126 Å². The lowest BCUT2D eigenvalue weighted by molar-refractivity contribution is -0.126. The van der Waals surface area contributed by atoms with E-state index in [0.29, 0.717) is 24.9 Å². The molecule has 0 bridgehead atoms. The maximum Gasteiger partial charge on any atom is 0.410 e. The van der Waals surface area contributed by atoms with Gasteiger partial charge in [-0.1, -0.05) is 6.92 Å². The maximum absolute atomic E-state index is 12.1. The van der Waals surface area contributed by atoms with E-state index in [1.54, 1.807) is 4.90 Å². The van der Waals surface area contributed by atoms with Gasteiger partial charge in [-0.25, -0.2) is 10.2 Å². The predicted octanol–water partition coefficient (Wildman–Crippen LogP) is 1.52. The van der Waals surface area contributed by atoms with Crippen molar-refractivity contribution in [3.05, 3.63) is 0 Å². The third-order valence-electron chi connectivity index (χ3n) is 4.16. The summed E-state index contributed by atoms with van der Waals surface area (Å²) in [6.07, 6.45) is 1.49. The van der Waals surface area contributed by atoms with E-state index in [9.17, 15) is 9.59 Å². The number of nitrogens with one attached hydrogen (secondary N) is 2. The van der Waals surface area contributed by atoms with Gasteiger partial charge in [0.1, 0.15) is 5.60 Å². The van der Waals surface area contributed by atoms with E-state index in [0.717, 1.165) is 19.4 Å². The number of amides is 2. The molecule has 21 heavy (non-hydrogen) atoms. The summed E-state index contributed by atoms with van der Waals surface area (Å²) >= 11 is 0. The standard InChI is InChI=1S/C15H27N3O3/c1-5-16-17-13(19)10-6-11-8-18(9-12(11)7-10)14(20)21-15(2,3)4/h10-12,16H,5-9H2,1-4H3,(H,17,19). The van der Waals surface area contributed by atoms with Crippen LogP contribution in [-0.4, -0.2) is 42.1 Å². The first-order valence-corrected chi connectivity index (χ1v) is 7.80. The number of hydrogen-bond donors (Lipinski definition) is 2. The fourth-order valence-electron chi connectivity index (χ4n) is 3.27. The van der Waals surface area contributed by atoms with Gasteiger partial charge >= 0.3 is 6.09 Å². The third kappa shape index (κ3) is 4.09. The Morgan fingerprint density at radius 2 is 1.76 bits per heavy atom. The Hall–Kier alpha value is -1.30. The van der Waals surface area contributed by atoms with Crippen LogP contribution in [0.5, 0.6) is 0 Å². The van der Waals surface area contributed by atoms with Gasteiger partial charge in [-0.3, -0.25) is 10.2 Å². The molecule has 2 unspecified atom stereocenters. The van der Waals surface area contributed by atoms with Gasteiger partial charge in [-0.15, -0.1) is 0 Å². The summed E-state index contributed by atoms with van der Waals surface area (Å²) in [4.78, 5) is 25.8. The smallest absolute Gasteiger partial charge is 0.410 e. The zero-order valence-corrected chi connectivity index (χ0v) is 13.4. The van der Waals surface area contributed by atoms with Crippen molar-refractivity contribution in [2.45, 2.75) is 46.1 Å². The van der Waals surface area contributed by atoms with Gasteiger partial charge in [0, 0.05) is 25.6 Å². The van der Waals surface area contributed by atoms with Crippen molar-refractivity contribution >= 4 is 12.0 Å². The van der Waals surface area contributed by atoms with Crippen molar-refractivity contribution in [3.63, 3.8) is 0 Å². The van der Waals surface area contributed by atoms with Crippen LogP contribution in [0, 0.1) is 17.8 Å². The van der Waals surface area contributed by atoms with Gasteiger partial charge in [-0.05, 0) is 45.4 Å². The van der Waals surface area contributed by atoms with Gasteiger partial charge < -0.3 is 9.64 Å². The van der Waals surface area contributed by atoms with Crippen molar-refractivity contribution in [2.24, 2.45) is 17.8 Å². The van der Waals surface area contributed by atoms with Crippen LogP contribution >= 0.6 is 0 Å². The quantitative estimate of drug-likeness (QED) is 0.775. The van der Waals surface area contributed by atoms with E-state index >= 15 is 0 Å². The Bertz CT molecular complexity index is 391. The van der Waals surface area contributed by atoms with Crippen molar-refractivity contribution < 1.29 is 14.3 Å². The summed E-state index contributed by atoms with van der Waals surface area (Å²) in [6.45, 7) is 9.73. The molecule has 1 aliphatic heterocycles. The number of likely N-dealkylation sites (tertiary alicyclic amines) is 1.